The van der Waals surface area contributed by atoms with Crippen LogP contribution in [-0.2, 0) is 4.74 Å². The number of ether oxygens (including phenoxy) is 3. The minimum absolute atomic E-state index is 0. The second-order valence-electron chi connectivity index (χ2n) is 6.67. The van der Waals surface area contributed by atoms with Crippen molar-refractivity contribution in [3.63, 3.8) is 0 Å². The van der Waals surface area contributed by atoms with Crippen LogP contribution in [0.5, 0.6) is 11.5 Å². The Kier molecular flexibility index (Phi) is 11.6. The minimum atomic E-state index is -0.263. The number of para-hydroxylation sites is 2. The van der Waals surface area contributed by atoms with Crippen LogP contribution < -0.4 is 20.1 Å². The number of nitrogens with zero attached hydrogens (tertiary/aromatic N) is 2. The predicted octanol–water partition coefficient (Wildman–Crippen LogP) is 2.87. The molecule has 9 heteroatoms. The minimum Gasteiger partial charge on any atom is -0.493 e. The van der Waals surface area contributed by atoms with Gasteiger partial charge in [0.2, 0.25) is 0 Å². The highest BCUT2D eigenvalue weighted by Crippen LogP contribution is 2.26. The van der Waals surface area contributed by atoms with Crippen LogP contribution in [0.4, 0.5) is 4.79 Å². The van der Waals surface area contributed by atoms with Gasteiger partial charge in [0.1, 0.15) is 6.10 Å². The van der Waals surface area contributed by atoms with Gasteiger partial charge in [-0.3, -0.25) is 0 Å². The molecule has 1 saturated heterocycles. The molecule has 0 bridgehead atoms. The van der Waals surface area contributed by atoms with E-state index in [2.05, 4.69) is 15.6 Å². The van der Waals surface area contributed by atoms with Crippen LogP contribution in [0.3, 0.4) is 0 Å². The number of guanidine groups is 1. The lowest BCUT2D eigenvalue weighted by Gasteiger charge is -2.32. The molecule has 1 aliphatic heterocycles. The number of carbonyl (C=O) groups is 1. The summed E-state index contributed by atoms with van der Waals surface area (Å²) in [6.07, 6.45) is 1.34. The summed E-state index contributed by atoms with van der Waals surface area (Å²) in [6.45, 7) is 6.65. The topological polar surface area (TPSA) is 84.4 Å². The summed E-state index contributed by atoms with van der Waals surface area (Å²) in [7, 11) is 3.04. The van der Waals surface area contributed by atoms with E-state index in [0.29, 0.717) is 31.1 Å². The lowest BCUT2D eigenvalue weighted by Crippen LogP contribution is -2.50. The molecule has 0 aliphatic carbocycles. The molecule has 29 heavy (non-hydrogen) atoms. The molecule has 2 rings (SSSR count). The number of methoxy groups -OCH3 is 2. The maximum Gasteiger partial charge on any atom is 0.409 e. The van der Waals surface area contributed by atoms with Crippen molar-refractivity contribution >= 4 is 36.0 Å². The molecular formula is C20H33IN4O4. The smallest absolute Gasteiger partial charge is 0.409 e. The molecule has 1 unspecified atom stereocenters. The second-order valence-corrected chi connectivity index (χ2v) is 6.67. The molecule has 0 radical (unpaired) electrons. The average Bonchev–Trinajstić information content (AvgIpc) is 2.72. The van der Waals surface area contributed by atoms with Crippen LogP contribution in [0.2, 0.25) is 0 Å². The van der Waals surface area contributed by atoms with Gasteiger partial charge in [-0.25, -0.2) is 9.79 Å². The Balaban J connectivity index is 0.00000420. The summed E-state index contributed by atoms with van der Waals surface area (Å²) < 4.78 is 16.1. The highest BCUT2D eigenvalue weighted by molar-refractivity contribution is 14.0. The van der Waals surface area contributed by atoms with Gasteiger partial charge in [0.25, 0.3) is 0 Å². The van der Waals surface area contributed by atoms with E-state index in [-0.39, 0.29) is 42.2 Å². The largest absolute Gasteiger partial charge is 0.493 e. The number of aliphatic imine (C=N–C) groups is 1. The summed E-state index contributed by atoms with van der Waals surface area (Å²) in [6, 6.07) is 7.85. The SMILES string of the molecule is CCNC(=NCC(C)Oc1ccccc1OC)NC1CCN(C(=O)OC)CC1.I. The van der Waals surface area contributed by atoms with Crippen molar-refractivity contribution in [1.82, 2.24) is 15.5 Å². The van der Waals surface area contributed by atoms with Gasteiger partial charge in [0.15, 0.2) is 17.5 Å². The van der Waals surface area contributed by atoms with Crippen LogP contribution in [0, 0.1) is 0 Å². The molecule has 1 aliphatic rings. The Labute approximate surface area is 190 Å². The summed E-state index contributed by atoms with van der Waals surface area (Å²) in [5.74, 6) is 2.18. The molecule has 8 nitrogen and oxygen atoms in total. The lowest BCUT2D eigenvalue weighted by molar-refractivity contribution is 0.111. The van der Waals surface area contributed by atoms with E-state index in [9.17, 15) is 4.79 Å². The Morgan fingerprint density at radius 1 is 1.24 bits per heavy atom. The Morgan fingerprint density at radius 3 is 2.48 bits per heavy atom. The number of halogens is 1. The van der Waals surface area contributed by atoms with Crippen molar-refractivity contribution in [2.75, 3.05) is 40.4 Å². The first-order valence-corrected chi connectivity index (χ1v) is 9.74. The van der Waals surface area contributed by atoms with E-state index in [4.69, 9.17) is 14.2 Å². The van der Waals surface area contributed by atoms with Crippen LogP contribution >= 0.6 is 24.0 Å². The zero-order chi connectivity index (χ0) is 20.4. The predicted molar refractivity (Wildman–Crippen MR) is 125 cm³/mol. The van der Waals surface area contributed by atoms with Crippen molar-refractivity contribution in [3.8, 4) is 11.5 Å². The quantitative estimate of drug-likeness (QED) is 0.327. The zero-order valence-electron chi connectivity index (χ0n) is 17.6. The van der Waals surface area contributed by atoms with Crippen LogP contribution in [0.1, 0.15) is 26.7 Å². The number of hydrogen-bond donors (Lipinski definition) is 2. The number of nitrogens with one attached hydrogen (secondary N) is 2. The van der Waals surface area contributed by atoms with Crippen molar-refractivity contribution in [1.29, 1.82) is 0 Å². The molecule has 1 fully saturated rings. The molecule has 1 atom stereocenters. The highest BCUT2D eigenvalue weighted by Gasteiger charge is 2.23. The number of hydrogen-bond acceptors (Lipinski definition) is 5. The first kappa shape index (κ1) is 25.1. The Bertz CT molecular complexity index is 651. The first-order chi connectivity index (χ1) is 13.6. The van der Waals surface area contributed by atoms with E-state index in [0.717, 1.165) is 25.3 Å². The summed E-state index contributed by atoms with van der Waals surface area (Å²) in [4.78, 5) is 18.0. The molecule has 0 saturated carbocycles. The number of benzene rings is 1. The van der Waals surface area contributed by atoms with Crippen LogP contribution in [0.25, 0.3) is 0 Å². The van der Waals surface area contributed by atoms with Crippen molar-refractivity contribution < 1.29 is 19.0 Å². The van der Waals surface area contributed by atoms with Gasteiger partial charge < -0.3 is 29.7 Å². The summed E-state index contributed by atoms with van der Waals surface area (Å²) in [5.41, 5.74) is 0. The van der Waals surface area contributed by atoms with Gasteiger partial charge >= 0.3 is 6.09 Å². The molecule has 2 N–H and O–H groups in total. The van der Waals surface area contributed by atoms with Gasteiger partial charge in [-0.2, -0.15) is 0 Å². The Hall–Kier alpha value is -1.91. The lowest BCUT2D eigenvalue weighted by atomic mass is 10.1. The molecular weight excluding hydrogens is 487 g/mol. The average molecular weight is 520 g/mol. The van der Waals surface area contributed by atoms with Gasteiger partial charge in [0.05, 0.1) is 20.8 Å². The molecule has 0 aromatic heterocycles. The van der Waals surface area contributed by atoms with Crippen LogP contribution in [-0.4, -0.2) is 69.5 Å². The fraction of sp³-hybridized carbons (Fsp3) is 0.600. The second kappa shape index (κ2) is 13.3. The number of rotatable bonds is 7. The molecule has 1 aromatic carbocycles. The number of likely N-dealkylation sites (tertiary alicyclic amines) is 1. The molecule has 0 spiro atoms. The monoisotopic (exact) mass is 520 g/mol. The summed E-state index contributed by atoms with van der Waals surface area (Å²) in [5, 5.41) is 6.73. The van der Waals surface area contributed by atoms with Crippen LogP contribution in [0.15, 0.2) is 29.3 Å². The number of piperidine rings is 1. The number of amides is 1. The third kappa shape index (κ3) is 8.15. The van der Waals surface area contributed by atoms with E-state index in [1.54, 1.807) is 12.0 Å². The van der Waals surface area contributed by atoms with E-state index < -0.39 is 0 Å². The van der Waals surface area contributed by atoms with Crippen molar-refractivity contribution in [2.24, 2.45) is 4.99 Å². The Morgan fingerprint density at radius 2 is 1.90 bits per heavy atom. The fourth-order valence-electron chi connectivity index (χ4n) is 3.04. The number of carbonyl (C=O) groups excluding carboxylic acids is 1. The molecule has 1 heterocycles. The first-order valence-electron chi connectivity index (χ1n) is 9.74. The molecule has 1 amide bonds. The van der Waals surface area contributed by atoms with Gasteiger partial charge in [-0.05, 0) is 38.8 Å². The zero-order valence-corrected chi connectivity index (χ0v) is 20.0. The molecule has 1 aromatic rings. The van der Waals surface area contributed by atoms with Gasteiger partial charge in [-0.15, -0.1) is 24.0 Å². The van der Waals surface area contributed by atoms with E-state index >= 15 is 0 Å². The highest BCUT2D eigenvalue weighted by atomic mass is 127. The van der Waals surface area contributed by atoms with Crippen molar-refractivity contribution in [3.05, 3.63) is 24.3 Å². The summed E-state index contributed by atoms with van der Waals surface area (Å²) >= 11 is 0. The maximum absolute atomic E-state index is 11.6. The van der Waals surface area contributed by atoms with Crippen molar-refractivity contribution in [2.45, 2.75) is 38.8 Å². The maximum atomic E-state index is 11.6. The fourth-order valence-corrected chi connectivity index (χ4v) is 3.04. The normalized spacial score (nSPS) is 15.7. The third-order valence-corrected chi connectivity index (χ3v) is 4.52. The van der Waals surface area contributed by atoms with Gasteiger partial charge in [0, 0.05) is 25.7 Å². The molecule has 164 valence electrons. The van der Waals surface area contributed by atoms with E-state index in [1.165, 1.54) is 7.11 Å². The van der Waals surface area contributed by atoms with Gasteiger partial charge in [-0.1, -0.05) is 12.1 Å². The standard InChI is InChI=1S/C20H32N4O4.HI/c1-5-21-19(23-16-10-12-24(13-11-16)20(25)27-4)22-14-15(2)28-18-9-7-6-8-17(18)26-3;/h6-9,15-16H,5,10-14H2,1-4H3,(H2,21,22,23);1H. The van der Waals surface area contributed by atoms with E-state index in [1.807, 2.05) is 38.1 Å². The third-order valence-electron chi connectivity index (χ3n) is 4.52.